The highest BCUT2D eigenvalue weighted by Crippen LogP contribution is 2.27. The number of aryl methyl sites for hydroxylation is 1. The third kappa shape index (κ3) is 6.12. The molecule has 0 radical (unpaired) electrons. The first-order valence-corrected chi connectivity index (χ1v) is 11.8. The fourth-order valence-corrected chi connectivity index (χ4v) is 4.88. The van der Waals surface area contributed by atoms with E-state index in [2.05, 4.69) is 11.8 Å². The van der Waals surface area contributed by atoms with Crippen molar-refractivity contribution in [2.45, 2.75) is 71.0 Å². The molecule has 1 saturated heterocycles. The molecule has 1 aromatic heterocycles. The topological polar surface area (TPSA) is 62.5 Å². The van der Waals surface area contributed by atoms with E-state index in [9.17, 15) is 9.59 Å². The second-order valence-electron chi connectivity index (χ2n) is 8.26. The average molecular weight is 465 g/mol. The van der Waals surface area contributed by atoms with E-state index in [4.69, 9.17) is 28.3 Å². The van der Waals surface area contributed by atoms with Gasteiger partial charge in [0, 0.05) is 19.1 Å². The molecule has 2 heterocycles. The summed E-state index contributed by atoms with van der Waals surface area (Å²) in [4.78, 5) is 26.3. The van der Waals surface area contributed by atoms with Crippen LogP contribution in [0.15, 0.2) is 35.1 Å². The van der Waals surface area contributed by atoms with E-state index in [1.807, 2.05) is 0 Å². The Bertz CT molecular complexity index is 957. The summed E-state index contributed by atoms with van der Waals surface area (Å²) in [6, 6.07) is 8.82. The molecule has 7 heteroatoms. The molecule has 168 valence electrons. The summed E-state index contributed by atoms with van der Waals surface area (Å²) < 4.78 is 1.69. The van der Waals surface area contributed by atoms with Gasteiger partial charge >= 0.3 is 5.97 Å². The molecule has 0 amide bonds. The van der Waals surface area contributed by atoms with Gasteiger partial charge < -0.3 is 9.67 Å². The predicted molar refractivity (Wildman–Crippen MR) is 125 cm³/mol. The van der Waals surface area contributed by atoms with Gasteiger partial charge in [-0.05, 0) is 56.0 Å². The van der Waals surface area contributed by atoms with Crippen LogP contribution in [-0.4, -0.2) is 33.1 Å². The van der Waals surface area contributed by atoms with Gasteiger partial charge in [-0.2, -0.15) is 0 Å². The van der Waals surface area contributed by atoms with E-state index in [1.165, 1.54) is 38.5 Å². The highest BCUT2D eigenvalue weighted by molar-refractivity contribution is 6.34. The minimum atomic E-state index is -0.953. The number of likely N-dealkylation sites (tertiary alicyclic amines) is 1. The normalized spacial score (nSPS) is 16.7. The van der Waals surface area contributed by atoms with Crippen LogP contribution in [0.3, 0.4) is 0 Å². The summed E-state index contributed by atoms with van der Waals surface area (Å²) in [6.45, 7) is 4.31. The maximum atomic E-state index is 12.8. The van der Waals surface area contributed by atoms with E-state index >= 15 is 0 Å². The van der Waals surface area contributed by atoms with Gasteiger partial charge in [-0.1, -0.05) is 61.5 Å². The van der Waals surface area contributed by atoms with Crippen molar-refractivity contribution in [2.24, 2.45) is 0 Å². The minimum Gasteiger partial charge on any atom is -0.478 e. The van der Waals surface area contributed by atoms with Crippen molar-refractivity contribution in [3.8, 4) is 0 Å². The van der Waals surface area contributed by atoms with Crippen LogP contribution in [-0.2, 0) is 19.5 Å². The lowest BCUT2D eigenvalue weighted by molar-refractivity contribution is 0.0697. The van der Waals surface area contributed by atoms with Crippen molar-refractivity contribution < 1.29 is 9.90 Å². The summed E-state index contributed by atoms with van der Waals surface area (Å²) in [6.07, 6.45) is 7.81. The minimum absolute atomic E-state index is 0.121. The van der Waals surface area contributed by atoms with Crippen molar-refractivity contribution in [1.29, 1.82) is 0 Å². The van der Waals surface area contributed by atoms with Gasteiger partial charge in [0.15, 0.2) is 0 Å². The molecule has 0 unspecified atom stereocenters. The average Bonchev–Trinajstić information content (AvgIpc) is 3.19. The fourth-order valence-electron chi connectivity index (χ4n) is 4.34. The number of rotatable bonds is 10. The second-order valence-corrected chi connectivity index (χ2v) is 9.07. The second kappa shape index (κ2) is 11.2. The summed E-state index contributed by atoms with van der Waals surface area (Å²) in [5.74, 6) is -0.953. The number of aromatic nitrogens is 1. The van der Waals surface area contributed by atoms with Crippen LogP contribution in [0.2, 0.25) is 10.0 Å². The van der Waals surface area contributed by atoms with Gasteiger partial charge in [0.1, 0.15) is 5.02 Å². The number of carboxylic acid groups (broad SMARTS) is 1. The van der Waals surface area contributed by atoms with Crippen molar-refractivity contribution in [3.05, 3.63) is 67.6 Å². The predicted octanol–water partition coefficient (Wildman–Crippen LogP) is 5.64. The van der Waals surface area contributed by atoms with Crippen LogP contribution in [0.1, 0.15) is 67.1 Å². The van der Waals surface area contributed by atoms with Crippen LogP contribution in [0.25, 0.3) is 0 Å². The number of aromatic carboxylic acids is 1. The van der Waals surface area contributed by atoms with Crippen LogP contribution >= 0.6 is 23.2 Å². The third-order valence-electron chi connectivity index (χ3n) is 6.12. The van der Waals surface area contributed by atoms with Crippen molar-refractivity contribution in [3.63, 3.8) is 0 Å². The number of benzene rings is 1. The van der Waals surface area contributed by atoms with Crippen molar-refractivity contribution >= 4 is 29.2 Å². The van der Waals surface area contributed by atoms with E-state index in [1.54, 1.807) is 34.9 Å². The molecule has 1 aliphatic rings. The highest BCUT2D eigenvalue weighted by Gasteiger charge is 2.26. The summed E-state index contributed by atoms with van der Waals surface area (Å²) in [5, 5.41) is 9.70. The molecule has 0 aliphatic carbocycles. The number of unbranched alkanes of at least 4 members (excludes halogenated alkanes) is 2. The molecular formula is C24H30Cl2N2O3. The Balaban J connectivity index is 1.78. The number of pyridine rings is 1. The van der Waals surface area contributed by atoms with Crippen LogP contribution < -0.4 is 5.56 Å². The molecule has 1 atom stereocenters. The zero-order valence-electron chi connectivity index (χ0n) is 17.9. The zero-order chi connectivity index (χ0) is 22.4. The maximum absolute atomic E-state index is 12.8. The SMILES string of the molecule is CCCCC[C@H]1CCCN1Cc1c(Cl)cc(Cl)c(=O)n1CCc1ccc(C(=O)O)cc1. The van der Waals surface area contributed by atoms with Gasteiger partial charge in [0.05, 0.1) is 16.3 Å². The monoisotopic (exact) mass is 464 g/mol. The van der Waals surface area contributed by atoms with Crippen LogP contribution in [0, 0.1) is 0 Å². The third-order valence-corrected chi connectivity index (χ3v) is 6.72. The fraction of sp³-hybridized carbons (Fsp3) is 0.500. The number of carbonyl (C=O) groups is 1. The lowest BCUT2D eigenvalue weighted by Crippen LogP contribution is -2.33. The van der Waals surface area contributed by atoms with E-state index in [0.29, 0.717) is 30.6 Å². The van der Waals surface area contributed by atoms with Crippen molar-refractivity contribution in [2.75, 3.05) is 6.54 Å². The van der Waals surface area contributed by atoms with E-state index in [0.717, 1.165) is 17.8 Å². The number of hydrogen-bond acceptors (Lipinski definition) is 3. The Kier molecular flexibility index (Phi) is 8.58. The van der Waals surface area contributed by atoms with Gasteiger partial charge in [-0.25, -0.2) is 4.79 Å². The first kappa shape index (κ1) is 23.8. The first-order chi connectivity index (χ1) is 14.9. The van der Waals surface area contributed by atoms with Gasteiger partial charge in [0.25, 0.3) is 5.56 Å². The van der Waals surface area contributed by atoms with Crippen LogP contribution in [0.4, 0.5) is 0 Å². The lowest BCUT2D eigenvalue weighted by Gasteiger charge is -2.26. The zero-order valence-corrected chi connectivity index (χ0v) is 19.5. The van der Waals surface area contributed by atoms with Crippen LogP contribution in [0.5, 0.6) is 0 Å². The Morgan fingerprint density at radius 2 is 1.90 bits per heavy atom. The van der Waals surface area contributed by atoms with Gasteiger partial charge in [-0.3, -0.25) is 9.69 Å². The molecule has 1 fully saturated rings. The summed E-state index contributed by atoms with van der Waals surface area (Å²) in [7, 11) is 0. The smallest absolute Gasteiger partial charge is 0.335 e. The molecule has 2 aromatic rings. The number of hydrogen-bond donors (Lipinski definition) is 1. The molecule has 1 aliphatic heterocycles. The first-order valence-electron chi connectivity index (χ1n) is 11.0. The number of nitrogens with zero attached hydrogens (tertiary/aromatic N) is 2. The molecule has 31 heavy (non-hydrogen) atoms. The van der Waals surface area contributed by atoms with Crippen molar-refractivity contribution in [1.82, 2.24) is 9.47 Å². The molecule has 0 bridgehead atoms. The Morgan fingerprint density at radius 1 is 1.16 bits per heavy atom. The highest BCUT2D eigenvalue weighted by atomic mass is 35.5. The van der Waals surface area contributed by atoms with E-state index < -0.39 is 5.97 Å². The Hall–Kier alpha value is -1.82. The summed E-state index contributed by atoms with van der Waals surface area (Å²) >= 11 is 12.7. The van der Waals surface area contributed by atoms with Gasteiger partial charge in [-0.15, -0.1) is 0 Å². The number of carboxylic acids is 1. The maximum Gasteiger partial charge on any atom is 0.335 e. The number of halogens is 2. The largest absolute Gasteiger partial charge is 0.478 e. The molecule has 0 spiro atoms. The summed E-state index contributed by atoms with van der Waals surface area (Å²) in [5.41, 5.74) is 1.78. The molecule has 1 N–H and O–H groups in total. The Morgan fingerprint density at radius 3 is 2.58 bits per heavy atom. The van der Waals surface area contributed by atoms with Gasteiger partial charge in [0.2, 0.25) is 0 Å². The lowest BCUT2D eigenvalue weighted by atomic mass is 10.1. The van der Waals surface area contributed by atoms with E-state index in [-0.39, 0.29) is 16.1 Å². The quantitative estimate of drug-likeness (QED) is 0.462. The molecule has 1 aromatic carbocycles. The Labute approximate surface area is 193 Å². The molecule has 3 rings (SSSR count). The molecule has 0 saturated carbocycles. The molecular weight excluding hydrogens is 435 g/mol. The standard InChI is InChI=1S/C24H30Cl2N2O3/c1-2-3-4-6-19-7-5-13-27(19)16-22-20(25)15-21(26)23(29)28(22)14-12-17-8-10-18(11-9-17)24(30)31/h8-11,15,19H,2-7,12-14,16H2,1H3,(H,30,31)/t19-/m0/s1. The molecule has 5 nitrogen and oxygen atoms in total.